The van der Waals surface area contributed by atoms with E-state index in [0.29, 0.717) is 0 Å². The molecule has 0 spiro atoms. The van der Waals surface area contributed by atoms with Crippen LogP contribution in [0.5, 0.6) is 0 Å². The lowest BCUT2D eigenvalue weighted by molar-refractivity contribution is 0.654. The average Bonchev–Trinajstić information content (AvgIpc) is 1.65. The van der Waals surface area contributed by atoms with Gasteiger partial charge < -0.3 is 0 Å². The van der Waals surface area contributed by atoms with E-state index < -0.39 is 6.80 Å². The van der Waals surface area contributed by atoms with E-state index in [9.17, 15) is 4.21 Å². The largest absolute Gasteiger partial charge is 0.512 e. The van der Waals surface area contributed by atoms with Gasteiger partial charge in [0.1, 0.15) is 0 Å². The molecule has 0 saturated carbocycles. The third kappa shape index (κ3) is 4.34. The normalized spacial score (nSPS) is 12.8. The highest BCUT2D eigenvalue weighted by atomic mass is 32.5. The van der Waals surface area contributed by atoms with Gasteiger partial charge in [0.05, 0.1) is 0 Å². The predicted molar refractivity (Wildman–Crippen MR) is 23.0 cm³/mol. The quantitative estimate of drug-likeness (QED) is 0.366. The minimum Gasteiger partial charge on any atom is -0.200 e. The summed E-state index contributed by atoms with van der Waals surface area (Å²) < 4.78 is 15.4. The summed E-state index contributed by atoms with van der Waals surface area (Å²) in [6.07, 6.45) is 0. The molecule has 0 heterocycles. The van der Waals surface area contributed by atoms with Gasteiger partial charge in [-0.15, -0.1) is 0 Å². The Kier molecular flexibility index (Phi) is 1.82. The van der Waals surface area contributed by atoms with E-state index >= 15 is 0 Å². The molecular formula is HBO2PS+. The van der Waals surface area contributed by atoms with Crippen molar-refractivity contribution >= 4 is 25.2 Å². The summed E-state index contributed by atoms with van der Waals surface area (Å²) >= 11 is 0. The standard InChI is InChI=1S/BHO2PS/c1-4(2)5-3/h2H/q+1/i/hD. The summed E-state index contributed by atoms with van der Waals surface area (Å²) in [5, 5.41) is 0. The Morgan fingerprint density at radius 3 is 3.00 bits per heavy atom. The maximum Gasteiger partial charge on any atom is 0.512 e. The van der Waals surface area contributed by atoms with Gasteiger partial charge in [-0.25, -0.2) is 0 Å². The third-order valence-corrected chi connectivity index (χ3v) is 0.661. The fraction of sp³-hybridized carbons (Fsp3) is 0. The molecule has 0 fully saturated rings. The first kappa shape index (κ1) is 3.53. The first-order valence-corrected chi connectivity index (χ1v) is 3.47. The van der Waals surface area contributed by atoms with E-state index in [1.54, 1.807) is 0 Å². The van der Waals surface area contributed by atoms with Crippen LogP contribution in [-0.2, 0) is 10.8 Å². The van der Waals surface area contributed by atoms with Gasteiger partial charge in [-0.05, 0) is 0 Å². The van der Waals surface area contributed by atoms with Crippen LogP contribution in [0.25, 0.3) is 0 Å². The molecule has 26 valence electrons. The molecule has 0 aromatic heterocycles. The molecule has 0 aliphatic rings. The Balaban J connectivity index is 3.52. The zero-order valence-corrected chi connectivity index (χ0v) is 3.96. The molecule has 2 radical (unpaired) electrons. The maximum absolute atomic E-state index is 9.44. The Labute approximate surface area is 36.6 Å². The van der Waals surface area contributed by atoms with Crippen LogP contribution in [0.15, 0.2) is 0 Å². The van der Waals surface area contributed by atoms with Gasteiger partial charge in [-0.2, -0.15) is 9.10 Å². The second-order valence-electron chi connectivity index (χ2n) is 0.360. The van der Waals surface area contributed by atoms with Crippen molar-refractivity contribution < 1.29 is 9.10 Å². The molecule has 1 N–H and O–H groups in total. The van der Waals surface area contributed by atoms with Crippen molar-refractivity contribution in [1.29, 1.82) is 1.43 Å². The second-order valence-corrected chi connectivity index (χ2v) is 2.61. The lowest BCUT2D eigenvalue weighted by Gasteiger charge is -1.43. The summed E-state index contributed by atoms with van der Waals surface area (Å²) in [5.74, 6) is 0. The van der Waals surface area contributed by atoms with E-state index in [-0.39, 0.29) is 10.8 Å². The minimum atomic E-state index is -1.55. The Morgan fingerprint density at radius 2 is 3.00 bits per heavy atom. The molecular weight excluding hydrogens is 106 g/mol. The van der Waals surface area contributed by atoms with E-state index in [1.807, 2.05) is 0 Å². The van der Waals surface area contributed by atoms with Gasteiger partial charge >= 0.3 is 18.4 Å². The molecule has 0 amide bonds. The highest BCUT2D eigenvalue weighted by Gasteiger charge is 1.87. The molecule has 5 heteroatoms. The van der Waals surface area contributed by atoms with E-state index in [0.717, 1.165) is 0 Å². The van der Waals surface area contributed by atoms with E-state index in [1.165, 1.54) is 0 Å². The molecule has 0 aliphatic heterocycles. The van der Waals surface area contributed by atoms with Crippen molar-refractivity contribution in [2.45, 2.75) is 0 Å². The SMILES string of the molecule is [2H]O[P+]([B])=S=O. The van der Waals surface area contributed by atoms with Crippen LogP contribution in [0, 0.1) is 0 Å². The van der Waals surface area contributed by atoms with Crippen molar-refractivity contribution in [2.75, 3.05) is 0 Å². The smallest absolute Gasteiger partial charge is 0.200 e. The zero-order chi connectivity index (χ0) is 4.99. The molecule has 0 aromatic carbocycles. The molecule has 0 rings (SSSR count). The minimum absolute atomic E-state index is 0.108. The van der Waals surface area contributed by atoms with Gasteiger partial charge in [0.15, 0.2) is 0 Å². The predicted octanol–water partition coefficient (Wildman–Crippen LogP) is -0.413. The summed E-state index contributed by atoms with van der Waals surface area (Å²) in [5.41, 5.74) is 0. The maximum atomic E-state index is 9.44. The summed E-state index contributed by atoms with van der Waals surface area (Å²) in [6, 6.07) is 0. The van der Waals surface area contributed by atoms with Crippen molar-refractivity contribution in [2.24, 2.45) is 0 Å². The highest BCUT2D eigenvalue weighted by molar-refractivity contribution is 8.16. The van der Waals surface area contributed by atoms with E-state index in [2.05, 4.69) is 4.90 Å². The Hall–Kier alpha value is 0.345. The van der Waals surface area contributed by atoms with Gasteiger partial charge in [0.25, 0.3) is 8.23 Å². The third-order valence-electron chi connectivity index (χ3n) is 0.0735. The molecule has 0 bridgehead atoms. The summed E-state index contributed by atoms with van der Waals surface area (Å²) in [7, 11) is 4.89. The molecule has 2 nitrogen and oxygen atoms in total. The number of rotatable bonds is 1. The first-order chi connectivity index (χ1) is 2.81. The zero-order valence-electron chi connectivity index (χ0n) is 3.25. The van der Waals surface area contributed by atoms with Gasteiger partial charge in [0, 0.05) is 0 Å². The van der Waals surface area contributed by atoms with Crippen molar-refractivity contribution in [3.63, 3.8) is 0 Å². The lowest BCUT2D eigenvalue weighted by Crippen LogP contribution is -1.44. The highest BCUT2D eigenvalue weighted by Crippen LogP contribution is 2.00. The Morgan fingerprint density at radius 1 is 2.40 bits per heavy atom. The first-order valence-electron chi connectivity index (χ1n) is 1.20. The number of hydrogen-bond acceptors (Lipinski definition) is 2. The lowest BCUT2D eigenvalue weighted by atomic mass is 10.8. The summed E-state index contributed by atoms with van der Waals surface area (Å²) in [6.45, 7) is -1.55. The monoisotopic (exact) mass is 108 g/mol. The van der Waals surface area contributed by atoms with Crippen LogP contribution in [0.3, 0.4) is 0 Å². The van der Waals surface area contributed by atoms with Crippen molar-refractivity contribution in [3.8, 4) is 0 Å². The topological polar surface area (TPSA) is 37.3 Å². The van der Waals surface area contributed by atoms with Crippen molar-refractivity contribution in [3.05, 3.63) is 0 Å². The molecule has 0 saturated heterocycles. The van der Waals surface area contributed by atoms with Crippen LogP contribution in [-0.4, -0.2) is 18.1 Å². The van der Waals surface area contributed by atoms with Crippen LogP contribution in [0.2, 0.25) is 0 Å². The fourth-order valence-electron chi connectivity index (χ4n) is 0. The molecule has 0 aromatic rings. The van der Waals surface area contributed by atoms with Gasteiger partial charge in [-0.1, -0.05) is 0 Å². The van der Waals surface area contributed by atoms with Gasteiger partial charge in [-0.3, -0.25) is 0 Å². The molecule has 5 heavy (non-hydrogen) atoms. The molecule has 0 aliphatic carbocycles. The second kappa shape index (κ2) is 2.58. The number of hydrogen-bond donors (Lipinski definition) is 1. The fourth-order valence-corrected chi connectivity index (χ4v) is 0. The van der Waals surface area contributed by atoms with Crippen LogP contribution in [0.4, 0.5) is 0 Å². The van der Waals surface area contributed by atoms with Gasteiger partial charge in [0.2, 0.25) is 0 Å². The van der Waals surface area contributed by atoms with E-state index in [4.69, 9.17) is 9.00 Å². The Bertz CT molecular complexity index is 87.5. The summed E-state index contributed by atoms with van der Waals surface area (Å²) in [4.78, 5) is 3.64. The molecule has 1 atom stereocenters. The van der Waals surface area contributed by atoms with Crippen molar-refractivity contribution in [1.82, 2.24) is 0 Å². The average molecular weight is 108 g/mol. The van der Waals surface area contributed by atoms with Crippen LogP contribution >= 0.6 is 6.80 Å². The molecule has 1 unspecified atom stereocenters. The van der Waals surface area contributed by atoms with Crippen LogP contribution < -0.4 is 0 Å². The van der Waals surface area contributed by atoms with Crippen LogP contribution in [0.1, 0.15) is 0 Å².